The summed E-state index contributed by atoms with van der Waals surface area (Å²) in [5.74, 6) is 1.09. The maximum absolute atomic E-state index is 14.0. The second kappa shape index (κ2) is 9.90. The lowest BCUT2D eigenvalue weighted by Crippen LogP contribution is -2.61. The minimum Gasteiger partial charge on any atom is -0.491 e. The Kier molecular flexibility index (Phi) is 6.62. The van der Waals surface area contributed by atoms with Gasteiger partial charge in [0.05, 0.1) is 24.5 Å². The molecule has 1 aliphatic rings. The van der Waals surface area contributed by atoms with Gasteiger partial charge in [-0.2, -0.15) is 4.98 Å². The van der Waals surface area contributed by atoms with E-state index in [9.17, 15) is 9.18 Å². The molecule has 0 saturated heterocycles. The third-order valence-electron chi connectivity index (χ3n) is 7.04. The quantitative estimate of drug-likeness (QED) is 0.310. The van der Waals surface area contributed by atoms with Crippen LogP contribution in [-0.4, -0.2) is 58.2 Å². The van der Waals surface area contributed by atoms with Crippen LogP contribution in [0.3, 0.4) is 0 Å². The number of anilines is 4. The molecule has 10 nitrogen and oxygen atoms in total. The number of rotatable bonds is 8. The molecule has 3 heterocycles. The highest BCUT2D eigenvalue weighted by molar-refractivity contribution is 5.82. The van der Waals surface area contributed by atoms with E-state index in [1.165, 1.54) is 6.07 Å². The van der Waals surface area contributed by atoms with E-state index in [4.69, 9.17) is 9.47 Å². The first kappa shape index (κ1) is 25.4. The SMILES string of the molecule is COc1cc(Nc2nccc(Nc3cc4cccc(F)c4[nH]c3=O)n2)cnc1O[C@@H]1CC(N(C)C)C1(C)C. The maximum atomic E-state index is 14.0. The Bertz CT molecular complexity index is 1540. The number of benzene rings is 1. The summed E-state index contributed by atoms with van der Waals surface area (Å²) in [6.45, 7) is 4.38. The number of hydrogen-bond donors (Lipinski definition) is 3. The Labute approximate surface area is 219 Å². The van der Waals surface area contributed by atoms with E-state index in [2.05, 4.69) is 63.4 Å². The Morgan fingerprint density at radius 1 is 1.16 bits per heavy atom. The van der Waals surface area contributed by atoms with Crippen LogP contribution in [-0.2, 0) is 0 Å². The Morgan fingerprint density at radius 2 is 1.97 bits per heavy atom. The lowest BCUT2D eigenvalue weighted by molar-refractivity contribution is -0.0945. The summed E-state index contributed by atoms with van der Waals surface area (Å²) < 4.78 is 25.7. The van der Waals surface area contributed by atoms with Crippen LogP contribution < -0.4 is 25.7 Å². The predicted molar refractivity (Wildman–Crippen MR) is 144 cm³/mol. The molecule has 1 fully saturated rings. The summed E-state index contributed by atoms with van der Waals surface area (Å²) in [6, 6.07) is 9.99. The third kappa shape index (κ3) is 4.84. The van der Waals surface area contributed by atoms with Gasteiger partial charge in [-0.05, 0) is 32.3 Å². The van der Waals surface area contributed by atoms with Gasteiger partial charge in [0.25, 0.3) is 11.4 Å². The van der Waals surface area contributed by atoms with Crippen molar-refractivity contribution in [3.8, 4) is 11.6 Å². The van der Waals surface area contributed by atoms with Crippen molar-refractivity contribution < 1.29 is 13.9 Å². The Hall–Kier alpha value is -4.25. The number of halogens is 1. The zero-order chi connectivity index (χ0) is 27.0. The van der Waals surface area contributed by atoms with Crippen LogP contribution in [0.25, 0.3) is 10.9 Å². The van der Waals surface area contributed by atoms with Gasteiger partial charge < -0.3 is 30.0 Å². The first-order chi connectivity index (χ1) is 18.2. The predicted octanol–water partition coefficient (Wildman–Crippen LogP) is 4.46. The number of ether oxygens (including phenoxy) is 2. The van der Waals surface area contributed by atoms with Gasteiger partial charge in [-0.1, -0.05) is 26.0 Å². The van der Waals surface area contributed by atoms with Crippen molar-refractivity contribution in [2.75, 3.05) is 31.8 Å². The second-order valence-electron chi connectivity index (χ2n) is 10.1. The Morgan fingerprint density at radius 3 is 2.71 bits per heavy atom. The molecule has 0 spiro atoms. The largest absolute Gasteiger partial charge is 0.491 e. The molecule has 2 atom stereocenters. The van der Waals surface area contributed by atoms with Crippen molar-refractivity contribution in [1.82, 2.24) is 24.8 Å². The van der Waals surface area contributed by atoms with Crippen molar-refractivity contribution in [1.29, 1.82) is 0 Å². The molecule has 1 saturated carbocycles. The van der Waals surface area contributed by atoms with E-state index in [1.54, 1.807) is 49.8 Å². The Balaban J connectivity index is 1.31. The summed E-state index contributed by atoms with van der Waals surface area (Å²) in [5, 5.41) is 6.63. The van der Waals surface area contributed by atoms with Gasteiger partial charge in [0.1, 0.15) is 23.4 Å². The normalized spacial score (nSPS) is 18.2. The molecule has 1 unspecified atom stereocenters. The molecule has 0 bridgehead atoms. The third-order valence-corrected chi connectivity index (χ3v) is 7.04. The fourth-order valence-electron chi connectivity index (χ4n) is 4.85. The maximum Gasteiger partial charge on any atom is 0.272 e. The van der Waals surface area contributed by atoms with E-state index in [0.29, 0.717) is 34.6 Å². The van der Waals surface area contributed by atoms with Crippen molar-refractivity contribution in [2.24, 2.45) is 5.41 Å². The zero-order valence-electron chi connectivity index (χ0n) is 21.9. The molecule has 11 heteroatoms. The highest BCUT2D eigenvalue weighted by Crippen LogP contribution is 2.46. The molecule has 1 aromatic carbocycles. The van der Waals surface area contributed by atoms with Gasteiger partial charge in [-0.15, -0.1) is 0 Å². The number of hydrogen-bond acceptors (Lipinski definition) is 9. The zero-order valence-corrected chi connectivity index (χ0v) is 21.9. The van der Waals surface area contributed by atoms with Crippen molar-refractivity contribution >= 4 is 34.0 Å². The lowest BCUT2D eigenvalue weighted by atomic mass is 9.64. The molecular weight excluding hydrogens is 489 g/mol. The number of H-pyrrole nitrogens is 1. The van der Waals surface area contributed by atoms with Crippen LogP contribution in [0.15, 0.2) is 53.6 Å². The number of para-hydroxylation sites is 1. The monoisotopic (exact) mass is 519 g/mol. The van der Waals surface area contributed by atoms with Gasteiger partial charge in [-0.25, -0.2) is 14.4 Å². The minimum absolute atomic E-state index is 0.0185. The number of nitrogens with one attached hydrogen (secondary N) is 3. The second-order valence-corrected chi connectivity index (χ2v) is 10.1. The molecule has 4 aromatic rings. The number of aromatic amines is 1. The lowest BCUT2D eigenvalue weighted by Gasteiger charge is -2.53. The summed E-state index contributed by atoms with van der Waals surface area (Å²) in [4.78, 5) is 30.4. The van der Waals surface area contributed by atoms with E-state index in [1.807, 2.05) is 0 Å². The van der Waals surface area contributed by atoms with Gasteiger partial charge in [0.15, 0.2) is 5.75 Å². The van der Waals surface area contributed by atoms with Gasteiger partial charge in [0.2, 0.25) is 5.95 Å². The van der Waals surface area contributed by atoms with Crippen LogP contribution in [0.2, 0.25) is 0 Å². The average Bonchev–Trinajstić information content (AvgIpc) is 2.88. The number of nitrogens with zero attached hydrogens (tertiary/aromatic N) is 4. The van der Waals surface area contributed by atoms with Crippen LogP contribution in [0.4, 0.5) is 27.5 Å². The summed E-state index contributed by atoms with van der Waals surface area (Å²) in [7, 11) is 5.72. The molecule has 0 radical (unpaired) electrons. The standard InChI is InChI=1S/C27H30FN7O3/c1-27(2)20(35(3)4)13-21(27)38-25-19(37-5)12-16(14-30-25)31-26-29-10-9-22(33-26)32-18-11-15-7-6-8-17(28)23(15)34-24(18)36/h6-12,14,20-21H,13H2,1-5H3,(H,34,36)(H2,29,31,32,33)/t20?,21-/m1/s1. The number of pyridine rings is 2. The number of methoxy groups -OCH3 is 1. The number of aromatic nitrogens is 4. The molecule has 5 rings (SSSR count). The van der Waals surface area contributed by atoms with E-state index >= 15 is 0 Å². The summed E-state index contributed by atoms with van der Waals surface area (Å²) in [5.41, 5.74) is 0.500. The topological polar surface area (TPSA) is 117 Å². The molecule has 3 aromatic heterocycles. The fraction of sp³-hybridized carbons (Fsp3) is 0.333. The summed E-state index contributed by atoms with van der Waals surface area (Å²) in [6.07, 6.45) is 4.11. The summed E-state index contributed by atoms with van der Waals surface area (Å²) >= 11 is 0. The molecular formula is C27H30FN7O3. The fourth-order valence-corrected chi connectivity index (χ4v) is 4.85. The molecule has 0 aliphatic heterocycles. The van der Waals surface area contributed by atoms with Crippen molar-refractivity contribution in [3.63, 3.8) is 0 Å². The van der Waals surface area contributed by atoms with Crippen LogP contribution >= 0.6 is 0 Å². The molecule has 1 aliphatic carbocycles. The molecule has 0 amide bonds. The van der Waals surface area contributed by atoms with Crippen LogP contribution in [0, 0.1) is 11.2 Å². The average molecular weight is 520 g/mol. The van der Waals surface area contributed by atoms with Gasteiger partial charge in [-0.3, -0.25) is 4.79 Å². The molecule has 198 valence electrons. The highest BCUT2D eigenvalue weighted by atomic mass is 19.1. The van der Waals surface area contributed by atoms with Crippen molar-refractivity contribution in [3.05, 3.63) is 65.0 Å². The van der Waals surface area contributed by atoms with E-state index in [0.717, 1.165) is 6.42 Å². The first-order valence-corrected chi connectivity index (χ1v) is 12.2. The van der Waals surface area contributed by atoms with Crippen LogP contribution in [0.5, 0.6) is 11.6 Å². The smallest absolute Gasteiger partial charge is 0.272 e. The van der Waals surface area contributed by atoms with E-state index < -0.39 is 11.4 Å². The van der Waals surface area contributed by atoms with Crippen LogP contribution in [0.1, 0.15) is 20.3 Å². The first-order valence-electron chi connectivity index (χ1n) is 12.2. The molecule has 3 N–H and O–H groups in total. The number of fused-ring (bicyclic) bond motifs is 1. The molecule has 38 heavy (non-hydrogen) atoms. The highest BCUT2D eigenvalue weighted by Gasteiger charge is 2.51. The van der Waals surface area contributed by atoms with Gasteiger partial charge in [0, 0.05) is 35.5 Å². The van der Waals surface area contributed by atoms with Gasteiger partial charge >= 0.3 is 0 Å². The van der Waals surface area contributed by atoms with Crippen molar-refractivity contribution in [2.45, 2.75) is 32.4 Å². The minimum atomic E-state index is -0.491. The van der Waals surface area contributed by atoms with E-state index in [-0.39, 0.29) is 28.7 Å².